The van der Waals surface area contributed by atoms with Gasteiger partial charge >= 0.3 is 11.9 Å². The Labute approximate surface area is 269 Å². The number of nitrogens with two attached hydrogens (primary N) is 2. The fourth-order valence-corrected chi connectivity index (χ4v) is 6.48. The number of H-pyrrole nitrogens is 1. The molecule has 3 aromatic heterocycles. The van der Waals surface area contributed by atoms with Gasteiger partial charge in [0.15, 0.2) is 0 Å². The Hall–Kier alpha value is -4.10. The van der Waals surface area contributed by atoms with Gasteiger partial charge in [-0.15, -0.1) is 0 Å². The lowest BCUT2D eigenvalue weighted by Crippen LogP contribution is -2.37. The number of halogens is 4. The van der Waals surface area contributed by atoms with Crippen LogP contribution in [-0.2, 0) is 12.6 Å². The van der Waals surface area contributed by atoms with Crippen molar-refractivity contribution in [3.05, 3.63) is 75.8 Å². The molecule has 1 aromatic carbocycles. The average molecular weight is 653 g/mol. The van der Waals surface area contributed by atoms with Crippen molar-refractivity contribution in [1.82, 2.24) is 24.8 Å². The minimum atomic E-state index is -4.87. The van der Waals surface area contributed by atoms with Crippen LogP contribution in [0.3, 0.4) is 0 Å². The molecule has 4 heterocycles. The first-order valence-corrected chi connectivity index (χ1v) is 16.2. The first kappa shape index (κ1) is 32.8. The summed E-state index contributed by atoms with van der Waals surface area (Å²) in [4.78, 5) is 28.9. The van der Waals surface area contributed by atoms with E-state index >= 15 is 4.39 Å². The zero-order chi connectivity index (χ0) is 33.3. The minimum absolute atomic E-state index is 0.0316. The molecule has 2 aliphatic rings. The average Bonchev–Trinajstić information content (AvgIpc) is 3.81. The molecule has 0 bridgehead atoms. The van der Waals surface area contributed by atoms with Crippen LogP contribution in [0.15, 0.2) is 52.5 Å². The summed E-state index contributed by atoms with van der Waals surface area (Å²) < 4.78 is 58.4. The minimum Gasteiger partial charge on any atom is -0.388 e. The maximum absolute atomic E-state index is 15.4. The van der Waals surface area contributed by atoms with Gasteiger partial charge in [-0.2, -0.15) is 18.2 Å². The lowest BCUT2D eigenvalue weighted by molar-refractivity contribution is -0.140. The Morgan fingerprint density at radius 3 is 2.68 bits per heavy atom. The highest BCUT2D eigenvalue weighted by molar-refractivity contribution is 5.83. The van der Waals surface area contributed by atoms with Crippen molar-refractivity contribution in [3.8, 4) is 16.9 Å². The van der Waals surface area contributed by atoms with E-state index in [9.17, 15) is 18.0 Å². The van der Waals surface area contributed by atoms with Gasteiger partial charge in [-0.1, -0.05) is 0 Å². The third kappa shape index (κ3) is 7.73. The third-order valence-corrected chi connectivity index (χ3v) is 9.19. The number of aliphatic imine (C=N–C) groups is 1. The van der Waals surface area contributed by atoms with E-state index in [1.165, 1.54) is 22.9 Å². The zero-order valence-electron chi connectivity index (χ0n) is 26.3. The largest absolute Gasteiger partial charge is 0.419 e. The summed E-state index contributed by atoms with van der Waals surface area (Å²) in [5.74, 6) is -0.316. The van der Waals surface area contributed by atoms with Crippen molar-refractivity contribution >= 4 is 16.9 Å². The highest BCUT2D eigenvalue weighted by atomic mass is 19.4. The van der Waals surface area contributed by atoms with Crippen LogP contribution in [0.2, 0.25) is 0 Å². The van der Waals surface area contributed by atoms with E-state index in [4.69, 9.17) is 11.5 Å². The molecular formula is C34H40F4N8O. The SMILES string of the molecule is CC(N)=NCC[C@@H]1CCC[C@@H](c2ccc(-n3cc4cc(-c5cc(CCCC(N)C6CC6)cc(C(F)(F)F)c5F)[nH]c4nc3=O)cn2)N1. The quantitative estimate of drug-likeness (QED) is 0.0898. The molecule has 0 radical (unpaired) electrons. The molecule has 1 unspecified atom stereocenters. The number of hydrogen-bond donors (Lipinski definition) is 4. The first-order valence-electron chi connectivity index (χ1n) is 16.2. The molecule has 47 heavy (non-hydrogen) atoms. The van der Waals surface area contributed by atoms with Crippen LogP contribution >= 0.6 is 0 Å². The van der Waals surface area contributed by atoms with E-state index < -0.39 is 23.2 Å². The molecule has 13 heteroatoms. The van der Waals surface area contributed by atoms with Crippen LogP contribution in [0.1, 0.15) is 81.2 Å². The molecule has 3 atom stereocenters. The Morgan fingerprint density at radius 2 is 1.98 bits per heavy atom. The number of nitrogens with zero attached hydrogens (tertiary/aromatic N) is 4. The molecule has 6 rings (SSSR count). The lowest BCUT2D eigenvalue weighted by Gasteiger charge is -2.30. The summed E-state index contributed by atoms with van der Waals surface area (Å²) in [7, 11) is 0. The fourth-order valence-electron chi connectivity index (χ4n) is 6.48. The molecule has 0 spiro atoms. The lowest BCUT2D eigenvalue weighted by atomic mass is 9.94. The van der Waals surface area contributed by atoms with Gasteiger partial charge in [-0.25, -0.2) is 9.18 Å². The number of alkyl halides is 3. The molecule has 4 aromatic rings. The summed E-state index contributed by atoms with van der Waals surface area (Å²) in [6.45, 7) is 2.44. The van der Waals surface area contributed by atoms with Gasteiger partial charge in [-0.05, 0) is 107 Å². The molecule has 1 saturated carbocycles. The maximum atomic E-state index is 15.4. The second kappa shape index (κ2) is 13.6. The molecule has 0 amide bonds. The highest BCUT2D eigenvalue weighted by Crippen LogP contribution is 2.38. The van der Waals surface area contributed by atoms with Crippen molar-refractivity contribution in [2.45, 2.75) is 89.0 Å². The van der Waals surface area contributed by atoms with Crippen molar-refractivity contribution in [1.29, 1.82) is 0 Å². The number of hydrogen-bond acceptors (Lipinski definition) is 6. The van der Waals surface area contributed by atoms with Gasteiger partial charge in [0, 0.05) is 41.8 Å². The van der Waals surface area contributed by atoms with Crippen LogP contribution in [0.4, 0.5) is 17.6 Å². The Morgan fingerprint density at radius 1 is 1.17 bits per heavy atom. The summed E-state index contributed by atoms with van der Waals surface area (Å²) in [5, 5.41) is 4.07. The number of aromatic amines is 1. The number of rotatable bonds is 11. The van der Waals surface area contributed by atoms with Crippen molar-refractivity contribution in [2.75, 3.05) is 6.54 Å². The summed E-state index contributed by atoms with van der Waals surface area (Å²) in [6, 6.07) is 7.87. The number of piperidine rings is 1. The Balaban J connectivity index is 1.23. The van der Waals surface area contributed by atoms with Crippen molar-refractivity contribution in [3.63, 3.8) is 0 Å². The van der Waals surface area contributed by atoms with E-state index in [-0.39, 0.29) is 29.0 Å². The number of amidine groups is 1. The number of pyridine rings is 1. The molecule has 6 N–H and O–H groups in total. The van der Waals surface area contributed by atoms with Crippen molar-refractivity contribution < 1.29 is 17.6 Å². The predicted molar refractivity (Wildman–Crippen MR) is 174 cm³/mol. The molecule has 1 aliphatic heterocycles. The van der Waals surface area contributed by atoms with Gasteiger partial charge in [0.1, 0.15) is 11.5 Å². The van der Waals surface area contributed by atoms with E-state index in [2.05, 4.69) is 25.3 Å². The van der Waals surface area contributed by atoms with Crippen molar-refractivity contribution in [2.24, 2.45) is 22.4 Å². The molecule has 2 fully saturated rings. The monoisotopic (exact) mass is 652 g/mol. The molecule has 1 aliphatic carbocycles. The molecule has 1 saturated heterocycles. The summed E-state index contributed by atoms with van der Waals surface area (Å²) in [5.41, 5.74) is 11.6. The molecule has 9 nitrogen and oxygen atoms in total. The van der Waals surface area contributed by atoms with Gasteiger partial charge in [-0.3, -0.25) is 14.5 Å². The maximum Gasteiger partial charge on any atom is 0.419 e. The molecular weight excluding hydrogens is 612 g/mol. The molecule has 250 valence electrons. The van der Waals surface area contributed by atoms with Crippen LogP contribution in [0.25, 0.3) is 28.0 Å². The summed E-state index contributed by atoms with van der Waals surface area (Å²) >= 11 is 0. The first-order chi connectivity index (χ1) is 22.5. The van der Waals surface area contributed by atoms with E-state index in [0.717, 1.165) is 50.3 Å². The number of benzene rings is 1. The topological polar surface area (TPSA) is 140 Å². The van der Waals surface area contributed by atoms with Crippen LogP contribution < -0.4 is 22.5 Å². The van der Waals surface area contributed by atoms with Crippen LogP contribution in [-0.4, -0.2) is 44.0 Å². The number of nitrogens with one attached hydrogen (secondary N) is 2. The van der Waals surface area contributed by atoms with Gasteiger partial charge in [0.05, 0.1) is 34.7 Å². The van der Waals surface area contributed by atoms with Gasteiger partial charge in [0.2, 0.25) is 0 Å². The second-order valence-electron chi connectivity index (χ2n) is 12.9. The van der Waals surface area contributed by atoms with Gasteiger partial charge < -0.3 is 21.8 Å². The van der Waals surface area contributed by atoms with Crippen LogP contribution in [0, 0.1) is 11.7 Å². The van der Waals surface area contributed by atoms with E-state index in [1.807, 2.05) is 6.07 Å². The standard InChI is InChI=1S/C34H40F4N8O/c1-19(39)41-13-12-23-5-3-7-29(43-23)28-11-10-24(17-42-28)46-18-22-16-30(44-32(22)45-33(46)47)25-14-20(4-2-6-27(40)21-8-9-21)15-26(31(25)35)34(36,37)38/h10-11,14-18,21,23,27,29,43H,2-9,12-13,40H2,1H3,(H2,39,41)(H,44,45,47)/t23-,27?,29-/m0/s1. The number of aromatic nitrogens is 4. The van der Waals surface area contributed by atoms with E-state index in [1.54, 1.807) is 19.2 Å². The number of fused-ring (bicyclic) bond motifs is 1. The van der Waals surface area contributed by atoms with Gasteiger partial charge in [0.25, 0.3) is 0 Å². The Bertz CT molecular complexity index is 1810. The Kier molecular flexibility index (Phi) is 9.47. The third-order valence-electron chi connectivity index (χ3n) is 9.19. The zero-order valence-corrected chi connectivity index (χ0v) is 26.3. The normalized spacial score (nSPS) is 19.7. The second-order valence-corrected chi connectivity index (χ2v) is 12.9. The van der Waals surface area contributed by atoms with E-state index in [0.29, 0.717) is 60.2 Å². The van der Waals surface area contributed by atoms with Crippen LogP contribution in [0.5, 0.6) is 0 Å². The predicted octanol–water partition coefficient (Wildman–Crippen LogP) is 5.94. The number of aryl methyl sites for hydroxylation is 1. The fraction of sp³-hybridized carbons (Fsp3) is 0.471. The smallest absolute Gasteiger partial charge is 0.388 e. The highest BCUT2D eigenvalue weighted by Gasteiger charge is 2.36. The summed E-state index contributed by atoms with van der Waals surface area (Å²) in [6.07, 6.45) is 5.97.